The Kier molecular flexibility index (Phi) is 6.25. The smallest absolute Gasteiger partial charge is 0.277 e. The topological polar surface area (TPSA) is 87.2 Å². The van der Waals surface area contributed by atoms with Gasteiger partial charge in [-0.25, -0.2) is 4.98 Å². The summed E-state index contributed by atoms with van der Waals surface area (Å²) >= 11 is 0. The molecule has 3 aromatic heterocycles. The molecule has 0 radical (unpaired) electrons. The summed E-state index contributed by atoms with van der Waals surface area (Å²) in [5.74, 6) is 0.585. The van der Waals surface area contributed by atoms with Gasteiger partial charge < -0.3 is 18.8 Å². The number of aryl methyl sites for hydroxylation is 3. The zero-order chi connectivity index (χ0) is 24.7. The van der Waals surface area contributed by atoms with Gasteiger partial charge in [0.1, 0.15) is 5.52 Å². The lowest BCUT2D eigenvalue weighted by atomic mass is 9.85. The van der Waals surface area contributed by atoms with Crippen LogP contribution in [-0.4, -0.2) is 54.9 Å². The molecule has 3 aromatic rings. The SMILES string of the molecule is C=CC(=O)N(C)C1CC(n2cc(CCCc3cn(C)nc3OC)c3ncn(C4CCC4)c3c2=O)C1. The molecule has 0 atom stereocenters. The first-order valence-electron chi connectivity index (χ1n) is 12.5. The third-order valence-corrected chi connectivity index (χ3v) is 7.80. The average molecular weight is 479 g/mol. The number of hydrogen-bond donors (Lipinski definition) is 0. The molecule has 0 saturated heterocycles. The molecule has 186 valence electrons. The van der Waals surface area contributed by atoms with Crippen LogP contribution < -0.4 is 10.3 Å². The fourth-order valence-electron chi connectivity index (χ4n) is 5.37. The minimum atomic E-state index is -0.0779. The van der Waals surface area contributed by atoms with E-state index in [0.29, 0.717) is 11.9 Å². The number of hydrogen-bond acceptors (Lipinski definition) is 5. The number of rotatable bonds is 9. The van der Waals surface area contributed by atoms with E-state index in [9.17, 15) is 9.59 Å². The number of methoxy groups -OCH3 is 1. The summed E-state index contributed by atoms with van der Waals surface area (Å²) in [7, 11) is 5.34. The van der Waals surface area contributed by atoms with E-state index in [1.54, 1.807) is 23.7 Å². The van der Waals surface area contributed by atoms with Gasteiger partial charge in [0.05, 0.1) is 19.0 Å². The lowest BCUT2D eigenvalue weighted by Gasteiger charge is -2.41. The second-order valence-corrected chi connectivity index (χ2v) is 9.92. The Morgan fingerprint density at radius 3 is 2.60 bits per heavy atom. The fourth-order valence-corrected chi connectivity index (χ4v) is 5.37. The summed E-state index contributed by atoms with van der Waals surface area (Å²) < 4.78 is 11.2. The molecule has 2 aliphatic carbocycles. The van der Waals surface area contributed by atoms with Crippen molar-refractivity contribution < 1.29 is 9.53 Å². The Balaban J connectivity index is 1.42. The lowest BCUT2D eigenvalue weighted by Crippen LogP contribution is -2.47. The molecule has 2 aliphatic rings. The summed E-state index contributed by atoms with van der Waals surface area (Å²) in [5.41, 5.74) is 3.76. The molecule has 0 aromatic carbocycles. The predicted octanol–water partition coefficient (Wildman–Crippen LogP) is 3.19. The van der Waals surface area contributed by atoms with Gasteiger partial charge in [-0.3, -0.25) is 14.3 Å². The van der Waals surface area contributed by atoms with Crippen LogP contribution in [0.5, 0.6) is 5.88 Å². The highest BCUT2D eigenvalue weighted by molar-refractivity contribution is 5.87. The van der Waals surface area contributed by atoms with Crippen molar-refractivity contribution in [3.05, 3.63) is 52.9 Å². The summed E-state index contributed by atoms with van der Waals surface area (Å²) in [6.07, 6.45) is 14.7. The number of imidazole rings is 1. The van der Waals surface area contributed by atoms with Gasteiger partial charge in [-0.05, 0) is 63.0 Å². The van der Waals surface area contributed by atoms with Crippen LogP contribution in [0.2, 0.25) is 0 Å². The minimum absolute atomic E-state index is 0.0308. The number of pyridine rings is 1. The van der Waals surface area contributed by atoms with Crippen molar-refractivity contribution in [2.45, 2.75) is 69.5 Å². The van der Waals surface area contributed by atoms with E-state index in [1.165, 1.54) is 12.5 Å². The average Bonchev–Trinajstić information content (AvgIpc) is 3.37. The molecule has 9 heteroatoms. The summed E-state index contributed by atoms with van der Waals surface area (Å²) in [6, 6.07) is 0.576. The molecule has 5 rings (SSSR count). The minimum Gasteiger partial charge on any atom is -0.480 e. The number of nitrogens with zero attached hydrogens (tertiary/aromatic N) is 6. The van der Waals surface area contributed by atoms with Crippen LogP contribution in [0.15, 0.2) is 36.2 Å². The number of amides is 1. The maximum atomic E-state index is 13.7. The second-order valence-electron chi connectivity index (χ2n) is 9.92. The highest BCUT2D eigenvalue weighted by Gasteiger charge is 2.36. The first-order valence-corrected chi connectivity index (χ1v) is 12.5. The standard InChI is InChI=1S/C26H34N6O3/c1-5-22(33)30(3)20-12-21(13-20)31-15-17(8-6-9-18-14-29(2)28-25(18)35-4)23-24(26(31)34)32(16-27-23)19-10-7-11-19/h5,14-16,19-21H,1,6-13H2,2-4H3. The first kappa shape index (κ1) is 23.4. The Hall–Kier alpha value is -3.36. The van der Waals surface area contributed by atoms with Crippen molar-refractivity contribution in [1.82, 2.24) is 28.8 Å². The fraction of sp³-hybridized carbons (Fsp3) is 0.538. The number of carbonyl (C=O) groups excluding carboxylic acids is 1. The van der Waals surface area contributed by atoms with Gasteiger partial charge in [-0.15, -0.1) is 5.10 Å². The molecule has 0 spiro atoms. The second kappa shape index (κ2) is 9.36. The van der Waals surface area contributed by atoms with Crippen molar-refractivity contribution in [1.29, 1.82) is 0 Å². The van der Waals surface area contributed by atoms with Gasteiger partial charge in [0.2, 0.25) is 11.8 Å². The molecule has 0 unspecified atom stereocenters. The molecule has 3 heterocycles. The van der Waals surface area contributed by atoms with E-state index in [0.717, 1.165) is 67.1 Å². The Labute approximate surface area is 205 Å². The summed E-state index contributed by atoms with van der Waals surface area (Å²) in [6.45, 7) is 3.59. The van der Waals surface area contributed by atoms with Crippen LogP contribution in [0.4, 0.5) is 0 Å². The summed E-state index contributed by atoms with van der Waals surface area (Å²) in [4.78, 5) is 32.1. The van der Waals surface area contributed by atoms with Crippen molar-refractivity contribution in [2.24, 2.45) is 7.05 Å². The number of ether oxygens (including phenoxy) is 1. The Bertz CT molecular complexity index is 1310. The van der Waals surface area contributed by atoms with Crippen molar-refractivity contribution in [3.63, 3.8) is 0 Å². The molecule has 0 N–H and O–H groups in total. The lowest BCUT2D eigenvalue weighted by molar-refractivity contribution is -0.129. The van der Waals surface area contributed by atoms with Gasteiger partial charge in [0, 0.05) is 50.2 Å². The van der Waals surface area contributed by atoms with Crippen molar-refractivity contribution >= 4 is 16.9 Å². The quantitative estimate of drug-likeness (QED) is 0.441. The highest BCUT2D eigenvalue weighted by atomic mass is 16.5. The molecule has 2 fully saturated rings. The zero-order valence-corrected chi connectivity index (χ0v) is 20.8. The van der Waals surface area contributed by atoms with Gasteiger partial charge in [-0.2, -0.15) is 0 Å². The van der Waals surface area contributed by atoms with Gasteiger partial charge >= 0.3 is 0 Å². The van der Waals surface area contributed by atoms with E-state index < -0.39 is 0 Å². The number of carbonyl (C=O) groups is 1. The maximum absolute atomic E-state index is 13.7. The molecular formula is C26H34N6O3. The van der Waals surface area contributed by atoms with E-state index in [4.69, 9.17) is 9.72 Å². The molecule has 2 saturated carbocycles. The van der Waals surface area contributed by atoms with E-state index in [1.807, 2.05) is 30.3 Å². The van der Waals surface area contributed by atoms with Crippen LogP contribution in [-0.2, 0) is 24.7 Å². The van der Waals surface area contributed by atoms with Crippen LogP contribution in [0.3, 0.4) is 0 Å². The molecule has 1 amide bonds. The van der Waals surface area contributed by atoms with Crippen LogP contribution in [0, 0.1) is 0 Å². The largest absolute Gasteiger partial charge is 0.480 e. The monoisotopic (exact) mass is 478 g/mol. The first-order chi connectivity index (χ1) is 16.9. The third kappa shape index (κ3) is 4.17. The van der Waals surface area contributed by atoms with Crippen LogP contribution in [0.25, 0.3) is 11.0 Å². The van der Waals surface area contributed by atoms with Crippen molar-refractivity contribution in [3.8, 4) is 5.88 Å². The summed E-state index contributed by atoms with van der Waals surface area (Å²) in [5, 5.41) is 4.35. The van der Waals surface area contributed by atoms with E-state index >= 15 is 0 Å². The van der Waals surface area contributed by atoms with Crippen LogP contribution in [0.1, 0.15) is 61.7 Å². The molecule has 9 nitrogen and oxygen atoms in total. The highest BCUT2D eigenvalue weighted by Crippen LogP contribution is 2.37. The molecule has 0 aliphatic heterocycles. The normalized spacial score (nSPS) is 19.9. The van der Waals surface area contributed by atoms with Crippen molar-refractivity contribution in [2.75, 3.05) is 14.2 Å². The third-order valence-electron chi connectivity index (χ3n) is 7.80. The van der Waals surface area contributed by atoms with E-state index in [-0.39, 0.29) is 23.6 Å². The Morgan fingerprint density at radius 1 is 1.20 bits per heavy atom. The predicted molar refractivity (Wildman–Crippen MR) is 134 cm³/mol. The van der Waals surface area contributed by atoms with Gasteiger partial charge in [-0.1, -0.05) is 6.58 Å². The number of aromatic nitrogens is 5. The van der Waals surface area contributed by atoms with Gasteiger partial charge in [0.25, 0.3) is 5.56 Å². The van der Waals surface area contributed by atoms with E-state index in [2.05, 4.69) is 16.2 Å². The molecule has 35 heavy (non-hydrogen) atoms. The number of likely N-dealkylation sites (N-methyl/N-ethyl adjacent to an activating group) is 1. The molecular weight excluding hydrogens is 444 g/mol. The number of fused-ring (bicyclic) bond motifs is 1. The van der Waals surface area contributed by atoms with Gasteiger partial charge in [0.15, 0.2) is 0 Å². The zero-order valence-electron chi connectivity index (χ0n) is 20.8. The van der Waals surface area contributed by atoms with Crippen LogP contribution >= 0.6 is 0 Å². The Morgan fingerprint density at radius 2 is 1.94 bits per heavy atom. The molecule has 0 bridgehead atoms. The maximum Gasteiger partial charge on any atom is 0.277 e.